The molecule has 1 aromatic rings. The minimum atomic E-state index is 0.147. The predicted octanol–water partition coefficient (Wildman–Crippen LogP) is 0.547. The lowest BCUT2D eigenvalue weighted by Gasteiger charge is -2.32. The van der Waals surface area contributed by atoms with E-state index >= 15 is 0 Å². The number of nitrogen functional groups attached to an aromatic ring is 1. The van der Waals surface area contributed by atoms with Crippen molar-refractivity contribution >= 4 is 17.3 Å². The van der Waals surface area contributed by atoms with Crippen molar-refractivity contribution in [3.63, 3.8) is 0 Å². The lowest BCUT2D eigenvalue weighted by molar-refractivity contribution is -0.120. The number of nitrogens with two attached hydrogens (primary N) is 1. The van der Waals surface area contributed by atoms with Crippen LogP contribution in [0.5, 0.6) is 0 Å². The second kappa shape index (κ2) is 3.90. The number of piperazine rings is 1. The van der Waals surface area contributed by atoms with Crippen LogP contribution in [0.4, 0.5) is 11.4 Å². The van der Waals surface area contributed by atoms with Crippen LogP contribution in [0.2, 0.25) is 0 Å². The van der Waals surface area contributed by atoms with E-state index in [2.05, 4.69) is 0 Å². The van der Waals surface area contributed by atoms with Crippen molar-refractivity contribution in [2.24, 2.45) is 0 Å². The lowest BCUT2D eigenvalue weighted by Crippen LogP contribution is -2.48. The summed E-state index contributed by atoms with van der Waals surface area (Å²) in [5.74, 6) is 0.147. The quantitative estimate of drug-likeness (QED) is 0.681. The number of carbonyl (C=O) groups excluding carboxylic acids is 1. The van der Waals surface area contributed by atoms with Crippen LogP contribution in [0.25, 0.3) is 0 Å². The second-order valence-corrected chi connectivity index (χ2v) is 3.87. The third-order valence-corrected chi connectivity index (χ3v) is 2.62. The Morgan fingerprint density at radius 2 is 1.87 bits per heavy atom. The molecule has 1 amide bonds. The van der Waals surface area contributed by atoms with Crippen molar-refractivity contribution in [2.75, 3.05) is 37.3 Å². The Morgan fingerprint density at radius 1 is 1.20 bits per heavy atom. The molecule has 0 bridgehead atoms. The van der Waals surface area contributed by atoms with Gasteiger partial charge in [-0.1, -0.05) is 0 Å². The SMILES string of the molecule is CN1CCN(c2ccc(N)cc2)C(=O)C1. The summed E-state index contributed by atoms with van der Waals surface area (Å²) in [6, 6.07) is 7.42. The Balaban J connectivity index is 2.17. The Labute approximate surface area is 89.3 Å². The van der Waals surface area contributed by atoms with Crippen molar-refractivity contribution in [1.29, 1.82) is 0 Å². The highest BCUT2D eigenvalue weighted by Crippen LogP contribution is 2.18. The van der Waals surface area contributed by atoms with Crippen LogP contribution in [0.15, 0.2) is 24.3 Å². The molecule has 1 heterocycles. The standard InChI is InChI=1S/C11H15N3O/c1-13-6-7-14(11(15)8-13)10-4-2-9(12)3-5-10/h2-5H,6-8,12H2,1H3. The van der Waals surface area contributed by atoms with Crippen molar-refractivity contribution in [3.8, 4) is 0 Å². The largest absolute Gasteiger partial charge is 0.399 e. The Kier molecular flexibility index (Phi) is 2.60. The molecular weight excluding hydrogens is 190 g/mol. The fourth-order valence-corrected chi connectivity index (χ4v) is 1.72. The zero-order valence-corrected chi connectivity index (χ0v) is 8.81. The molecule has 80 valence electrons. The Bertz CT molecular complexity index is 361. The van der Waals surface area contributed by atoms with Crippen LogP contribution in [-0.4, -0.2) is 37.5 Å². The summed E-state index contributed by atoms with van der Waals surface area (Å²) in [7, 11) is 1.96. The molecule has 0 aromatic heterocycles. The summed E-state index contributed by atoms with van der Waals surface area (Å²) < 4.78 is 0. The smallest absolute Gasteiger partial charge is 0.241 e. The first kappa shape index (κ1) is 9.98. The monoisotopic (exact) mass is 205 g/mol. The second-order valence-electron chi connectivity index (χ2n) is 3.87. The van der Waals surface area contributed by atoms with Crippen molar-refractivity contribution in [2.45, 2.75) is 0 Å². The minimum absolute atomic E-state index is 0.147. The number of hydrogen-bond acceptors (Lipinski definition) is 3. The van der Waals surface area contributed by atoms with Crippen LogP contribution in [0, 0.1) is 0 Å². The summed E-state index contributed by atoms with van der Waals surface area (Å²) in [5, 5.41) is 0. The Hall–Kier alpha value is -1.55. The first-order chi connectivity index (χ1) is 7.16. The fourth-order valence-electron chi connectivity index (χ4n) is 1.72. The zero-order chi connectivity index (χ0) is 10.8. The highest BCUT2D eigenvalue weighted by atomic mass is 16.2. The molecule has 1 aliphatic rings. The maximum atomic E-state index is 11.7. The van der Waals surface area contributed by atoms with Crippen LogP contribution in [-0.2, 0) is 4.79 Å². The molecule has 1 aliphatic heterocycles. The van der Waals surface area contributed by atoms with Gasteiger partial charge in [0.05, 0.1) is 6.54 Å². The van der Waals surface area contributed by atoms with E-state index in [1.165, 1.54) is 0 Å². The molecule has 2 N–H and O–H groups in total. The van der Waals surface area contributed by atoms with E-state index in [4.69, 9.17) is 5.73 Å². The van der Waals surface area contributed by atoms with Crippen LogP contribution >= 0.6 is 0 Å². The molecule has 1 aromatic carbocycles. The van der Waals surface area contributed by atoms with E-state index in [1.54, 1.807) is 4.90 Å². The molecule has 1 fully saturated rings. The van der Waals surface area contributed by atoms with Gasteiger partial charge in [-0.2, -0.15) is 0 Å². The zero-order valence-electron chi connectivity index (χ0n) is 8.81. The summed E-state index contributed by atoms with van der Waals surface area (Å²) in [4.78, 5) is 15.6. The van der Waals surface area contributed by atoms with Crippen LogP contribution in [0.3, 0.4) is 0 Å². The average molecular weight is 205 g/mol. The predicted molar refractivity (Wildman–Crippen MR) is 60.7 cm³/mol. The van der Waals surface area contributed by atoms with Gasteiger partial charge >= 0.3 is 0 Å². The third-order valence-electron chi connectivity index (χ3n) is 2.62. The molecule has 0 aliphatic carbocycles. The number of hydrogen-bond donors (Lipinski definition) is 1. The van der Waals surface area contributed by atoms with E-state index in [9.17, 15) is 4.79 Å². The molecule has 2 rings (SSSR count). The highest BCUT2D eigenvalue weighted by Gasteiger charge is 2.22. The summed E-state index contributed by atoms with van der Waals surface area (Å²) in [6.45, 7) is 2.15. The topological polar surface area (TPSA) is 49.6 Å². The van der Waals surface area contributed by atoms with Gasteiger partial charge < -0.3 is 10.6 Å². The maximum Gasteiger partial charge on any atom is 0.241 e. The van der Waals surface area contributed by atoms with Gasteiger partial charge in [0, 0.05) is 24.5 Å². The van der Waals surface area contributed by atoms with Crippen molar-refractivity contribution in [3.05, 3.63) is 24.3 Å². The number of benzene rings is 1. The molecule has 0 saturated carbocycles. The fraction of sp³-hybridized carbons (Fsp3) is 0.364. The number of carbonyl (C=O) groups is 1. The van der Waals surface area contributed by atoms with Crippen LogP contribution in [0.1, 0.15) is 0 Å². The van der Waals surface area contributed by atoms with Crippen molar-refractivity contribution < 1.29 is 4.79 Å². The summed E-state index contributed by atoms with van der Waals surface area (Å²) >= 11 is 0. The molecule has 0 unspecified atom stereocenters. The average Bonchev–Trinajstić information content (AvgIpc) is 2.20. The molecule has 1 saturated heterocycles. The van der Waals surface area contributed by atoms with Gasteiger partial charge in [-0.25, -0.2) is 0 Å². The molecular formula is C11H15N3O. The van der Waals surface area contributed by atoms with Gasteiger partial charge in [-0.05, 0) is 31.3 Å². The maximum absolute atomic E-state index is 11.7. The van der Waals surface area contributed by atoms with E-state index in [0.29, 0.717) is 6.54 Å². The molecule has 0 spiro atoms. The van der Waals surface area contributed by atoms with E-state index in [0.717, 1.165) is 24.5 Å². The summed E-state index contributed by atoms with van der Waals surface area (Å²) in [6.07, 6.45) is 0. The normalized spacial score (nSPS) is 18.2. The van der Waals surface area contributed by atoms with Gasteiger partial charge in [0.25, 0.3) is 0 Å². The highest BCUT2D eigenvalue weighted by molar-refractivity contribution is 5.95. The number of rotatable bonds is 1. The minimum Gasteiger partial charge on any atom is -0.399 e. The van der Waals surface area contributed by atoms with Gasteiger partial charge in [0.1, 0.15) is 0 Å². The van der Waals surface area contributed by atoms with Gasteiger partial charge in [0.15, 0.2) is 0 Å². The van der Waals surface area contributed by atoms with Crippen LogP contribution < -0.4 is 10.6 Å². The molecule has 0 atom stereocenters. The lowest BCUT2D eigenvalue weighted by atomic mass is 10.2. The third kappa shape index (κ3) is 2.10. The van der Waals surface area contributed by atoms with Crippen molar-refractivity contribution in [1.82, 2.24) is 4.90 Å². The first-order valence-corrected chi connectivity index (χ1v) is 5.01. The number of nitrogens with zero attached hydrogens (tertiary/aromatic N) is 2. The molecule has 4 nitrogen and oxygen atoms in total. The van der Waals surface area contributed by atoms with E-state index < -0.39 is 0 Å². The van der Waals surface area contributed by atoms with Gasteiger partial charge in [-0.15, -0.1) is 0 Å². The van der Waals surface area contributed by atoms with Gasteiger partial charge in [0.2, 0.25) is 5.91 Å². The summed E-state index contributed by atoms with van der Waals surface area (Å²) in [5.41, 5.74) is 7.26. The van der Waals surface area contributed by atoms with E-state index in [1.807, 2.05) is 36.2 Å². The van der Waals surface area contributed by atoms with Gasteiger partial charge in [-0.3, -0.25) is 9.69 Å². The number of anilines is 2. The van der Waals surface area contributed by atoms with E-state index in [-0.39, 0.29) is 5.91 Å². The number of amides is 1. The molecule has 0 radical (unpaired) electrons. The Morgan fingerprint density at radius 3 is 2.47 bits per heavy atom. The molecule has 4 heteroatoms. The number of likely N-dealkylation sites (N-methyl/N-ethyl adjacent to an activating group) is 1. The first-order valence-electron chi connectivity index (χ1n) is 5.01. The molecule has 15 heavy (non-hydrogen) atoms.